The van der Waals surface area contributed by atoms with Crippen molar-refractivity contribution in [2.45, 2.75) is 45.6 Å². The summed E-state index contributed by atoms with van der Waals surface area (Å²) in [5.74, 6) is -0.771. The van der Waals surface area contributed by atoms with Gasteiger partial charge in [0.05, 0.1) is 5.92 Å². The smallest absolute Gasteiger partial charge is 0.306 e. The molecule has 1 aliphatic rings. The van der Waals surface area contributed by atoms with Gasteiger partial charge in [-0.05, 0) is 46.2 Å². The van der Waals surface area contributed by atoms with Crippen LogP contribution in [-0.2, 0) is 4.79 Å². The number of hydrogen-bond acceptors (Lipinski definition) is 2. The minimum absolute atomic E-state index is 0.0529. The average molecular weight is 199 g/mol. The molecule has 14 heavy (non-hydrogen) atoms. The molecular formula is C11H21NO2. The molecule has 0 aliphatic carbocycles. The summed E-state index contributed by atoms with van der Waals surface area (Å²) in [6.07, 6.45) is 2.72. The van der Waals surface area contributed by atoms with Crippen molar-refractivity contribution in [2.24, 2.45) is 5.92 Å². The second kappa shape index (κ2) is 4.30. The molecule has 82 valence electrons. The van der Waals surface area contributed by atoms with Crippen LogP contribution >= 0.6 is 0 Å². The lowest BCUT2D eigenvalue weighted by molar-refractivity contribution is -0.145. The monoisotopic (exact) mass is 199 g/mol. The minimum Gasteiger partial charge on any atom is -0.481 e. The van der Waals surface area contributed by atoms with Crippen molar-refractivity contribution in [3.63, 3.8) is 0 Å². The number of aliphatic carboxylic acids is 1. The van der Waals surface area contributed by atoms with E-state index in [1.807, 2.05) is 0 Å². The van der Waals surface area contributed by atoms with Gasteiger partial charge >= 0.3 is 5.97 Å². The molecule has 0 aromatic rings. The van der Waals surface area contributed by atoms with Crippen LogP contribution < -0.4 is 0 Å². The zero-order valence-electron chi connectivity index (χ0n) is 9.42. The number of piperidine rings is 1. The molecule has 0 spiro atoms. The van der Waals surface area contributed by atoms with Crippen LogP contribution in [0.3, 0.4) is 0 Å². The van der Waals surface area contributed by atoms with Gasteiger partial charge in [-0.25, -0.2) is 0 Å². The SMILES string of the molecule is CCCN1CCC(C(=O)O)CC1(C)C. The molecule has 0 radical (unpaired) electrons. The molecule has 3 heteroatoms. The van der Waals surface area contributed by atoms with Crippen LogP contribution in [0.15, 0.2) is 0 Å². The van der Waals surface area contributed by atoms with E-state index in [-0.39, 0.29) is 11.5 Å². The molecule has 1 rings (SSSR count). The summed E-state index contributed by atoms with van der Waals surface area (Å²) in [4.78, 5) is 13.3. The van der Waals surface area contributed by atoms with Crippen LogP contribution in [0.1, 0.15) is 40.0 Å². The second-order valence-electron chi connectivity index (χ2n) is 4.83. The third-order valence-electron chi connectivity index (χ3n) is 3.19. The highest BCUT2D eigenvalue weighted by molar-refractivity contribution is 5.70. The lowest BCUT2D eigenvalue weighted by Crippen LogP contribution is -2.51. The van der Waals surface area contributed by atoms with Crippen molar-refractivity contribution < 1.29 is 9.90 Å². The summed E-state index contributed by atoms with van der Waals surface area (Å²) in [5, 5.41) is 8.97. The second-order valence-corrected chi connectivity index (χ2v) is 4.83. The normalized spacial score (nSPS) is 27.5. The Morgan fingerprint density at radius 2 is 2.21 bits per heavy atom. The Hall–Kier alpha value is -0.570. The first-order valence-electron chi connectivity index (χ1n) is 5.45. The Bertz CT molecular complexity index is 213. The van der Waals surface area contributed by atoms with Gasteiger partial charge in [-0.2, -0.15) is 0 Å². The molecule has 0 aromatic carbocycles. The molecule has 1 saturated heterocycles. The van der Waals surface area contributed by atoms with Gasteiger partial charge in [0.15, 0.2) is 0 Å². The van der Waals surface area contributed by atoms with Crippen LogP contribution in [0, 0.1) is 5.92 Å². The number of carboxylic acid groups (broad SMARTS) is 1. The van der Waals surface area contributed by atoms with Crippen molar-refractivity contribution in [3.05, 3.63) is 0 Å². The van der Waals surface area contributed by atoms with Crippen LogP contribution in [0.25, 0.3) is 0 Å². The van der Waals surface area contributed by atoms with Crippen LogP contribution in [0.2, 0.25) is 0 Å². The fourth-order valence-corrected chi connectivity index (χ4v) is 2.34. The quantitative estimate of drug-likeness (QED) is 0.755. The summed E-state index contributed by atoms with van der Waals surface area (Å²) in [6.45, 7) is 8.48. The van der Waals surface area contributed by atoms with Gasteiger partial charge in [0.25, 0.3) is 0 Å². The molecular weight excluding hydrogens is 178 g/mol. The molecule has 1 N–H and O–H groups in total. The Labute approximate surface area is 86.1 Å². The Morgan fingerprint density at radius 3 is 2.64 bits per heavy atom. The van der Waals surface area contributed by atoms with E-state index in [9.17, 15) is 4.79 Å². The summed E-state index contributed by atoms with van der Waals surface area (Å²) in [5.41, 5.74) is 0.0529. The molecule has 0 saturated carbocycles. The van der Waals surface area contributed by atoms with Crippen LogP contribution in [0.5, 0.6) is 0 Å². The molecule has 1 atom stereocenters. The lowest BCUT2D eigenvalue weighted by Gasteiger charge is -2.44. The molecule has 1 aliphatic heterocycles. The average Bonchev–Trinajstić information content (AvgIpc) is 2.08. The summed E-state index contributed by atoms with van der Waals surface area (Å²) in [7, 11) is 0. The summed E-state index contributed by atoms with van der Waals surface area (Å²) >= 11 is 0. The van der Waals surface area contributed by atoms with E-state index in [2.05, 4.69) is 25.7 Å². The number of carboxylic acids is 1. The van der Waals surface area contributed by atoms with Crippen molar-refractivity contribution in [3.8, 4) is 0 Å². The maximum Gasteiger partial charge on any atom is 0.306 e. The zero-order valence-corrected chi connectivity index (χ0v) is 9.42. The van der Waals surface area contributed by atoms with Gasteiger partial charge in [-0.15, -0.1) is 0 Å². The predicted molar refractivity (Wildman–Crippen MR) is 56.3 cm³/mol. The molecule has 3 nitrogen and oxygen atoms in total. The summed E-state index contributed by atoms with van der Waals surface area (Å²) in [6, 6.07) is 0. The van der Waals surface area contributed by atoms with E-state index in [0.29, 0.717) is 0 Å². The van der Waals surface area contributed by atoms with Crippen LogP contribution in [0.4, 0.5) is 0 Å². The standard InChI is InChI=1S/C11H21NO2/c1-4-6-12-7-5-9(10(13)14)8-11(12,2)3/h9H,4-8H2,1-3H3,(H,13,14). The van der Waals surface area contributed by atoms with Crippen LogP contribution in [-0.4, -0.2) is 34.6 Å². The van der Waals surface area contributed by atoms with E-state index < -0.39 is 5.97 Å². The first-order chi connectivity index (χ1) is 6.47. The molecule has 1 fully saturated rings. The topological polar surface area (TPSA) is 40.5 Å². The fourth-order valence-electron chi connectivity index (χ4n) is 2.34. The maximum absolute atomic E-state index is 10.9. The van der Waals surface area contributed by atoms with Gasteiger partial charge in [-0.1, -0.05) is 6.92 Å². The Morgan fingerprint density at radius 1 is 1.57 bits per heavy atom. The lowest BCUT2D eigenvalue weighted by atomic mass is 9.82. The van der Waals surface area contributed by atoms with Crippen molar-refractivity contribution >= 4 is 5.97 Å². The predicted octanol–water partition coefficient (Wildman–Crippen LogP) is 1.97. The van der Waals surface area contributed by atoms with E-state index in [1.165, 1.54) is 0 Å². The molecule has 0 aromatic heterocycles. The zero-order chi connectivity index (χ0) is 10.8. The van der Waals surface area contributed by atoms with Gasteiger partial charge in [0, 0.05) is 5.54 Å². The highest BCUT2D eigenvalue weighted by Gasteiger charge is 2.36. The number of likely N-dealkylation sites (tertiary alicyclic amines) is 1. The largest absolute Gasteiger partial charge is 0.481 e. The minimum atomic E-state index is -0.630. The van der Waals surface area contributed by atoms with Gasteiger partial charge in [0.1, 0.15) is 0 Å². The van der Waals surface area contributed by atoms with E-state index in [0.717, 1.165) is 32.4 Å². The molecule has 0 amide bonds. The van der Waals surface area contributed by atoms with Crippen molar-refractivity contribution in [1.29, 1.82) is 0 Å². The first-order valence-corrected chi connectivity index (χ1v) is 5.45. The number of nitrogens with zero attached hydrogens (tertiary/aromatic N) is 1. The molecule has 0 bridgehead atoms. The third-order valence-corrected chi connectivity index (χ3v) is 3.19. The van der Waals surface area contributed by atoms with Gasteiger partial charge in [-0.3, -0.25) is 9.69 Å². The van der Waals surface area contributed by atoms with E-state index >= 15 is 0 Å². The fraction of sp³-hybridized carbons (Fsp3) is 0.909. The van der Waals surface area contributed by atoms with E-state index in [4.69, 9.17) is 5.11 Å². The first kappa shape index (κ1) is 11.5. The maximum atomic E-state index is 10.9. The highest BCUT2D eigenvalue weighted by Crippen LogP contribution is 2.31. The van der Waals surface area contributed by atoms with Gasteiger partial charge in [0.2, 0.25) is 0 Å². The summed E-state index contributed by atoms with van der Waals surface area (Å²) < 4.78 is 0. The number of hydrogen-bond donors (Lipinski definition) is 1. The highest BCUT2D eigenvalue weighted by atomic mass is 16.4. The number of carbonyl (C=O) groups is 1. The van der Waals surface area contributed by atoms with Crippen molar-refractivity contribution in [2.75, 3.05) is 13.1 Å². The van der Waals surface area contributed by atoms with Gasteiger partial charge < -0.3 is 5.11 Å². The number of rotatable bonds is 3. The molecule has 1 heterocycles. The molecule has 1 unspecified atom stereocenters. The Kier molecular flexibility index (Phi) is 3.53. The van der Waals surface area contributed by atoms with Crippen molar-refractivity contribution in [1.82, 2.24) is 4.90 Å². The van der Waals surface area contributed by atoms with E-state index in [1.54, 1.807) is 0 Å². The third kappa shape index (κ3) is 2.47. The Balaban J connectivity index is 2.60.